The molecule has 0 unspecified atom stereocenters. The number of thiol groups is 1. The molecular weight excluding hydrogens is 332 g/mol. The van der Waals surface area contributed by atoms with Gasteiger partial charge in [-0.25, -0.2) is 0 Å². The number of hydrogen-bond donors (Lipinski definition) is 1. The molecule has 0 spiro atoms. The second-order valence-corrected chi connectivity index (χ2v) is 4.80. The van der Waals surface area contributed by atoms with Gasteiger partial charge in [0.2, 0.25) is 0 Å². The predicted octanol–water partition coefficient (Wildman–Crippen LogP) is 3.50. The first-order chi connectivity index (χ1) is 6.72. The van der Waals surface area contributed by atoms with E-state index in [1.807, 2.05) is 0 Å². The van der Waals surface area contributed by atoms with Crippen LogP contribution in [0, 0.1) is 0 Å². The fourth-order valence-electron chi connectivity index (χ4n) is 1.41. The van der Waals surface area contributed by atoms with Crippen molar-refractivity contribution in [3.63, 3.8) is 0 Å². The molecule has 4 heteroatoms. The number of hydrogen-bond acceptors (Lipinski definition) is 1. The molecule has 15 heavy (non-hydrogen) atoms. The minimum Gasteiger partial charge on any atom is -0.358 e. The third kappa shape index (κ3) is 11.3. The normalized spacial score (nSPS) is 9.53. The van der Waals surface area contributed by atoms with Gasteiger partial charge in [0.15, 0.2) is 0 Å². The standard InChI is InChI=1S/C11H23NS2.Sb/c1-3-5-7-9-12(11(13)14)10-8-6-4-2;/h3-10H2,1-2H3,(H,13,14);. The molecule has 0 aliphatic rings. The summed E-state index contributed by atoms with van der Waals surface area (Å²) < 4.78 is 0.761. The van der Waals surface area contributed by atoms with Crippen LogP contribution < -0.4 is 0 Å². The van der Waals surface area contributed by atoms with Crippen LogP contribution in [0.5, 0.6) is 0 Å². The average molecular weight is 355 g/mol. The summed E-state index contributed by atoms with van der Waals surface area (Å²) >= 11 is 9.36. The summed E-state index contributed by atoms with van der Waals surface area (Å²) in [6, 6.07) is 0. The van der Waals surface area contributed by atoms with Gasteiger partial charge in [-0.2, -0.15) is 0 Å². The first-order valence-corrected chi connectivity index (χ1v) is 6.55. The minimum atomic E-state index is 0. The van der Waals surface area contributed by atoms with Crippen molar-refractivity contribution in [3.05, 3.63) is 0 Å². The van der Waals surface area contributed by atoms with Crippen LogP contribution >= 0.6 is 24.8 Å². The van der Waals surface area contributed by atoms with E-state index < -0.39 is 0 Å². The zero-order valence-corrected chi connectivity index (χ0v) is 14.2. The molecule has 0 atom stereocenters. The van der Waals surface area contributed by atoms with Gasteiger partial charge in [-0.1, -0.05) is 51.7 Å². The molecule has 0 aromatic rings. The molecule has 0 saturated heterocycles. The summed E-state index contributed by atoms with van der Waals surface area (Å²) in [5.41, 5.74) is 0. The van der Waals surface area contributed by atoms with Crippen LogP contribution in [0.1, 0.15) is 52.4 Å². The largest absolute Gasteiger partial charge is 0.358 e. The fourth-order valence-corrected chi connectivity index (χ4v) is 1.79. The second-order valence-electron chi connectivity index (χ2n) is 3.68. The molecule has 0 bridgehead atoms. The number of unbranched alkanes of at least 4 members (excludes halogenated alkanes) is 4. The van der Waals surface area contributed by atoms with E-state index in [1.165, 1.54) is 38.5 Å². The van der Waals surface area contributed by atoms with Gasteiger partial charge in [-0.15, -0.1) is 12.6 Å². The van der Waals surface area contributed by atoms with Crippen molar-refractivity contribution >= 4 is 53.6 Å². The molecule has 3 radical (unpaired) electrons. The van der Waals surface area contributed by atoms with Crippen molar-refractivity contribution in [1.82, 2.24) is 4.90 Å². The van der Waals surface area contributed by atoms with Gasteiger partial charge in [-0.05, 0) is 12.8 Å². The summed E-state index contributed by atoms with van der Waals surface area (Å²) in [7, 11) is 0. The van der Waals surface area contributed by atoms with Crippen LogP contribution in [0.4, 0.5) is 0 Å². The number of nitrogens with zero attached hydrogens (tertiary/aromatic N) is 1. The van der Waals surface area contributed by atoms with Gasteiger partial charge in [0, 0.05) is 37.5 Å². The van der Waals surface area contributed by atoms with Crippen LogP contribution in [0.25, 0.3) is 0 Å². The van der Waals surface area contributed by atoms with Gasteiger partial charge in [-0.3, -0.25) is 0 Å². The summed E-state index contributed by atoms with van der Waals surface area (Å²) in [6.07, 6.45) is 7.60. The van der Waals surface area contributed by atoms with E-state index in [0.29, 0.717) is 0 Å². The predicted molar refractivity (Wildman–Crippen MR) is 78.0 cm³/mol. The Hall–Kier alpha value is 1.06. The molecule has 0 aliphatic carbocycles. The number of thiocarbonyl (C=S) groups is 1. The van der Waals surface area contributed by atoms with Crippen molar-refractivity contribution in [1.29, 1.82) is 0 Å². The maximum absolute atomic E-state index is 5.11. The third-order valence-corrected chi connectivity index (χ3v) is 2.87. The van der Waals surface area contributed by atoms with Gasteiger partial charge in [0.25, 0.3) is 0 Å². The maximum atomic E-state index is 5.11. The van der Waals surface area contributed by atoms with Gasteiger partial charge < -0.3 is 4.90 Å². The minimum absolute atomic E-state index is 0. The molecule has 1 nitrogen and oxygen atoms in total. The Kier molecular flexibility index (Phi) is 16.1. The molecule has 0 N–H and O–H groups in total. The topological polar surface area (TPSA) is 3.24 Å². The Morgan fingerprint density at radius 1 is 1.00 bits per heavy atom. The van der Waals surface area contributed by atoms with E-state index in [2.05, 4.69) is 31.4 Å². The smallest absolute Gasteiger partial charge is 0.133 e. The third-order valence-electron chi connectivity index (χ3n) is 2.33. The summed E-state index contributed by atoms with van der Waals surface area (Å²) in [5.74, 6) is 0. The van der Waals surface area contributed by atoms with E-state index in [-0.39, 0.29) is 24.4 Å². The molecule has 0 heterocycles. The molecule has 0 aromatic carbocycles. The van der Waals surface area contributed by atoms with Crippen LogP contribution in [-0.2, 0) is 0 Å². The molecule has 0 fully saturated rings. The summed E-state index contributed by atoms with van der Waals surface area (Å²) in [5, 5.41) is 0. The van der Waals surface area contributed by atoms with E-state index >= 15 is 0 Å². The van der Waals surface area contributed by atoms with E-state index in [4.69, 9.17) is 12.2 Å². The van der Waals surface area contributed by atoms with Crippen LogP contribution in [0.3, 0.4) is 0 Å². The zero-order chi connectivity index (χ0) is 10.8. The van der Waals surface area contributed by atoms with Crippen molar-refractivity contribution in [3.8, 4) is 0 Å². The van der Waals surface area contributed by atoms with E-state index in [1.54, 1.807) is 0 Å². The Balaban J connectivity index is 0. The number of rotatable bonds is 8. The Labute approximate surface area is 123 Å². The Bertz CT molecular complexity index is 144. The van der Waals surface area contributed by atoms with E-state index in [0.717, 1.165) is 17.4 Å². The van der Waals surface area contributed by atoms with Gasteiger partial charge in [0.05, 0.1) is 0 Å². The zero-order valence-electron chi connectivity index (χ0n) is 9.91. The molecule has 0 saturated carbocycles. The van der Waals surface area contributed by atoms with Gasteiger partial charge in [0.1, 0.15) is 4.32 Å². The van der Waals surface area contributed by atoms with E-state index in [9.17, 15) is 0 Å². The SMILES string of the molecule is CCCCCN(CCCCC)C(=S)S.[Sb]. The summed E-state index contributed by atoms with van der Waals surface area (Å²) in [6.45, 7) is 6.61. The Morgan fingerprint density at radius 3 is 1.67 bits per heavy atom. The van der Waals surface area contributed by atoms with Crippen LogP contribution in [0.2, 0.25) is 0 Å². The van der Waals surface area contributed by atoms with Crippen molar-refractivity contribution in [2.45, 2.75) is 52.4 Å². The quantitative estimate of drug-likeness (QED) is 0.307. The molecular formula is C11H23NS2Sb. The van der Waals surface area contributed by atoms with Crippen molar-refractivity contribution < 1.29 is 0 Å². The Morgan fingerprint density at radius 2 is 1.40 bits per heavy atom. The molecule has 0 aliphatic heterocycles. The van der Waals surface area contributed by atoms with Crippen LogP contribution in [-0.4, -0.2) is 46.7 Å². The fraction of sp³-hybridized carbons (Fsp3) is 0.909. The second kappa shape index (κ2) is 13.1. The first kappa shape index (κ1) is 18.4. The van der Waals surface area contributed by atoms with Crippen molar-refractivity contribution in [2.24, 2.45) is 0 Å². The summed E-state index contributed by atoms with van der Waals surface area (Å²) in [4.78, 5) is 2.23. The monoisotopic (exact) mass is 354 g/mol. The molecule has 0 rings (SSSR count). The van der Waals surface area contributed by atoms with Crippen LogP contribution in [0.15, 0.2) is 0 Å². The molecule has 0 aromatic heterocycles. The van der Waals surface area contributed by atoms with Crippen molar-refractivity contribution in [2.75, 3.05) is 13.1 Å². The van der Waals surface area contributed by atoms with Gasteiger partial charge >= 0.3 is 0 Å². The first-order valence-electron chi connectivity index (χ1n) is 5.70. The average Bonchev–Trinajstić information content (AvgIpc) is 2.15. The maximum Gasteiger partial charge on any atom is 0.133 e. The molecule has 0 amide bonds. The molecule has 89 valence electrons.